The van der Waals surface area contributed by atoms with Gasteiger partial charge in [0, 0.05) is 6.42 Å². The molecule has 1 aromatic carbocycles. The van der Waals surface area contributed by atoms with Gasteiger partial charge in [0.1, 0.15) is 6.54 Å². The Bertz CT molecular complexity index is 588. The summed E-state index contributed by atoms with van der Waals surface area (Å²) >= 11 is 0. The molecule has 0 unspecified atom stereocenters. The van der Waals surface area contributed by atoms with Gasteiger partial charge in [-0.05, 0) is 18.1 Å². The van der Waals surface area contributed by atoms with Crippen molar-refractivity contribution in [2.75, 3.05) is 13.1 Å². The lowest BCUT2D eigenvalue weighted by molar-refractivity contribution is -0.138. The molecule has 0 saturated heterocycles. The average Bonchev–Trinajstić information content (AvgIpc) is 2.48. The van der Waals surface area contributed by atoms with Crippen molar-refractivity contribution in [2.24, 2.45) is 0 Å². The fourth-order valence-corrected chi connectivity index (χ4v) is 1.72. The molecule has 0 aliphatic rings. The molecule has 6 nitrogen and oxygen atoms in total. The summed E-state index contributed by atoms with van der Waals surface area (Å²) in [5, 5.41) is 12.8. The van der Waals surface area contributed by atoms with E-state index in [2.05, 4.69) is 5.32 Å². The number of carboxylic acid groups (broad SMARTS) is 1. The van der Waals surface area contributed by atoms with Crippen molar-refractivity contribution in [1.82, 2.24) is 10.6 Å². The molecular formula is C14H15F3N2O4. The molecule has 0 spiro atoms. The van der Waals surface area contributed by atoms with Crippen molar-refractivity contribution in [3.05, 3.63) is 35.4 Å². The third-order valence-electron chi connectivity index (χ3n) is 2.80. The topological polar surface area (TPSA) is 95.5 Å². The number of amides is 2. The van der Waals surface area contributed by atoms with Crippen LogP contribution in [0.5, 0.6) is 0 Å². The molecule has 0 radical (unpaired) electrons. The molecule has 0 saturated carbocycles. The van der Waals surface area contributed by atoms with Gasteiger partial charge in [-0.3, -0.25) is 9.59 Å². The molecule has 1 aromatic rings. The Kier molecular flexibility index (Phi) is 6.55. The predicted molar refractivity (Wildman–Crippen MR) is 73.8 cm³/mol. The number of carbonyl (C=O) groups excluding carboxylic acids is 2. The number of alkyl halides is 3. The normalized spacial score (nSPS) is 10.9. The number of rotatable bonds is 7. The molecule has 9 heteroatoms. The number of benzene rings is 1. The number of halogens is 3. The van der Waals surface area contributed by atoms with Crippen LogP contribution in [0.15, 0.2) is 24.3 Å². The molecular weight excluding hydrogens is 317 g/mol. The molecule has 0 atom stereocenters. The van der Waals surface area contributed by atoms with Gasteiger partial charge in [0.05, 0.1) is 12.1 Å². The second-order valence-corrected chi connectivity index (χ2v) is 4.63. The van der Waals surface area contributed by atoms with Gasteiger partial charge in [-0.1, -0.05) is 18.2 Å². The Morgan fingerprint density at radius 3 is 2.30 bits per heavy atom. The van der Waals surface area contributed by atoms with E-state index in [1.165, 1.54) is 6.07 Å². The van der Waals surface area contributed by atoms with E-state index in [1.807, 2.05) is 0 Å². The summed E-state index contributed by atoms with van der Waals surface area (Å²) < 4.78 is 35.6. The zero-order chi connectivity index (χ0) is 17.5. The second-order valence-electron chi connectivity index (χ2n) is 4.63. The Hall–Kier alpha value is -2.58. The van der Waals surface area contributed by atoms with Gasteiger partial charge in [0.15, 0.2) is 0 Å². The SMILES string of the molecule is O=C(CCc1ccccc1C(=O)O)NCC(=O)NCC(F)(F)F. The van der Waals surface area contributed by atoms with Crippen LogP contribution in [0, 0.1) is 0 Å². The summed E-state index contributed by atoms with van der Waals surface area (Å²) in [7, 11) is 0. The largest absolute Gasteiger partial charge is 0.478 e. The van der Waals surface area contributed by atoms with Gasteiger partial charge in [-0.2, -0.15) is 13.2 Å². The Morgan fingerprint density at radius 1 is 1.04 bits per heavy atom. The van der Waals surface area contributed by atoms with Gasteiger partial charge in [-0.25, -0.2) is 4.79 Å². The van der Waals surface area contributed by atoms with Crippen molar-refractivity contribution in [3.8, 4) is 0 Å². The predicted octanol–water partition coefficient (Wildman–Crippen LogP) is 1.11. The molecule has 126 valence electrons. The molecule has 0 fully saturated rings. The second kappa shape index (κ2) is 8.16. The molecule has 0 aliphatic carbocycles. The number of carbonyl (C=O) groups is 3. The minimum absolute atomic E-state index is 0.0724. The van der Waals surface area contributed by atoms with Gasteiger partial charge in [-0.15, -0.1) is 0 Å². The van der Waals surface area contributed by atoms with Crippen LogP contribution in [-0.2, 0) is 16.0 Å². The number of hydrogen-bond donors (Lipinski definition) is 3. The van der Waals surface area contributed by atoms with Crippen LogP contribution in [0.4, 0.5) is 13.2 Å². The monoisotopic (exact) mass is 332 g/mol. The van der Waals surface area contributed by atoms with E-state index in [-0.39, 0.29) is 18.4 Å². The molecule has 1 rings (SSSR count). The molecule has 2 amide bonds. The first-order chi connectivity index (χ1) is 10.7. The van der Waals surface area contributed by atoms with E-state index < -0.39 is 37.0 Å². The van der Waals surface area contributed by atoms with E-state index in [9.17, 15) is 27.6 Å². The smallest absolute Gasteiger partial charge is 0.405 e. The maximum Gasteiger partial charge on any atom is 0.405 e. The van der Waals surface area contributed by atoms with Crippen LogP contribution >= 0.6 is 0 Å². The highest BCUT2D eigenvalue weighted by molar-refractivity contribution is 5.89. The highest BCUT2D eigenvalue weighted by atomic mass is 19.4. The Balaban J connectivity index is 2.38. The van der Waals surface area contributed by atoms with E-state index in [0.717, 1.165) is 0 Å². The first-order valence-electron chi connectivity index (χ1n) is 6.60. The summed E-state index contributed by atoms with van der Waals surface area (Å²) in [5.41, 5.74) is 0.528. The highest BCUT2D eigenvalue weighted by Gasteiger charge is 2.27. The zero-order valence-corrected chi connectivity index (χ0v) is 11.9. The molecule has 0 heterocycles. The van der Waals surface area contributed by atoms with Crippen LogP contribution < -0.4 is 10.6 Å². The number of nitrogens with one attached hydrogen (secondary N) is 2. The van der Waals surface area contributed by atoms with Gasteiger partial charge >= 0.3 is 12.1 Å². The van der Waals surface area contributed by atoms with Crippen molar-refractivity contribution >= 4 is 17.8 Å². The van der Waals surface area contributed by atoms with Crippen molar-refractivity contribution in [1.29, 1.82) is 0 Å². The summed E-state index contributed by atoms with van der Waals surface area (Å²) in [5.74, 6) is -2.64. The van der Waals surface area contributed by atoms with E-state index in [1.54, 1.807) is 23.5 Å². The summed E-state index contributed by atoms with van der Waals surface area (Å²) in [6.45, 7) is -2.04. The number of aryl methyl sites for hydroxylation is 1. The molecule has 3 N–H and O–H groups in total. The average molecular weight is 332 g/mol. The third kappa shape index (κ3) is 7.30. The Labute approximate surface area is 129 Å². The van der Waals surface area contributed by atoms with E-state index in [4.69, 9.17) is 5.11 Å². The number of hydrogen-bond acceptors (Lipinski definition) is 3. The fraction of sp³-hybridized carbons (Fsp3) is 0.357. The Morgan fingerprint density at radius 2 is 1.70 bits per heavy atom. The molecule has 0 aromatic heterocycles. The van der Waals surface area contributed by atoms with Crippen LogP contribution in [0.1, 0.15) is 22.3 Å². The van der Waals surface area contributed by atoms with Crippen LogP contribution in [-0.4, -0.2) is 42.2 Å². The lowest BCUT2D eigenvalue weighted by Gasteiger charge is -2.09. The third-order valence-corrected chi connectivity index (χ3v) is 2.80. The van der Waals surface area contributed by atoms with Gasteiger partial charge in [0.2, 0.25) is 11.8 Å². The van der Waals surface area contributed by atoms with Crippen molar-refractivity contribution in [3.63, 3.8) is 0 Å². The van der Waals surface area contributed by atoms with Crippen LogP contribution in [0.25, 0.3) is 0 Å². The minimum Gasteiger partial charge on any atom is -0.478 e. The maximum absolute atomic E-state index is 11.9. The number of carboxylic acids is 1. The number of aromatic carboxylic acids is 1. The van der Waals surface area contributed by atoms with E-state index in [0.29, 0.717) is 5.56 Å². The van der Waals surface area contributed by atoms with Gasteiger partial charge < -0.3 is 15.7 Å². The van der Waals surface area contributed by atoms with Crippen LogP contribution in [0.2, 0.25) is 0 Å². The summed E-state index contributed by atoms with van der Waals surface area (Å²) in [6, 6.07) is 6.15. The van der Waals surface area contributed by atoms with Crippen molar-refractivity contribution < 1.29 is 32.7 Å². The van der Waals surface area contributed by atoms with E-state index >= 15 is 0 Å². The quantitative estimate of drug-likeness (QED) is 0.697. The summed E-state index contributed by atoms with van der Waals surface area (Å²) in [4.78, 5) is 33.6. The minimum atomic E-state index is -4.51. The summed E-state index contributed by atoms with van der Waals surface area (Å²) in [6.07, 6.45) is -4.46. The maximum atomic E-state index is 11.9. The zero-order valence-electron chi connectivity index (χ0n) is 11.9. The van der Waals surface area contributed by atoms with Gasteiger partial charge in [0.25, 0.3) is 0 Å². The van der Waals surface area contributed by atoms with Crippen molar-refractivity contribution in [2.45, 2.75) is 19.0 Å². The lowest BCUT2D eigenvalue weighted by atomic mass is 10.0. The molecule has 0 bridgehead atoms. The standard InChI is InChI=1S/C14H15F3N2O4/c15-14(16,17)8-19-12(21)7-18-11(20)6-5-9-3-1-2-4-10(9)13(22)23/h1-4H,5-8H2,(H,18,20)(H,19,21)(H,22,23). The highest BCUT2D eigenvalue weighted by Crippen LogP contribution is 2.12. The molecule has 23 heavy (non-hydrogen) atoms. The van der Waals surface area contributed by atoms with Crippen LogP contribution in [0.3, 0.4) is 0 Å². The fourth-order valence-electron chi connectivity index (χ4n) is 1.72. The first kappa shape index (κ1) is 18.5. The molecule has 0 aliphatic heterocycles. The first-order valence-corrected chi connectivity index (χ1v) is 6.60. The lowest BCUT2D eigenvalue weighted by Crippen LogP contribution is -2.40.